The van der Waals surface area contributed by atoms with E-state index in [0.717, 1.165) is 22.9 Å². The van der Waals surface area contributed by atoms with E-state index in [1.807, 2.05) is 49.4 Å². The first kappa shape index (κ1) is 16.3. The van der Waals surface area contributed by atoms with Crippen LogP contribution in [0.5, 0.6) is 5.75 Å². The molecule has 0 radical (unpaired) electrons. The van der Waals surface area contributed by atoms with Gasteiger partial charge in [-0.25, -0.2) is 9.97 Å². The molecule has 0 atom stereocenters. The monoisotopic (exact) mass is 338 g/mol. The van der Waals surface area contributed by atoms with Crippen molar-refractivity contribution in [2.75, 3.05) is 5.73 Å². The van der Waals surface area contributed by atoms with Crippen LogP contribution in [0.2, 0.25) is 0 Å². The third-order valence-corrected chi connectivity index (χ3v) is 4.18. The quantitative estimate of drug-likeness (QED) is 0.546. The lowest BCUT2D eigenvalue weighted by Crippen LogP contribution is -1.98. The Morgan fingerprint density at radius 2 is 1.92 bits per heavy atom. The lowest BCUT2D eigenvalue weighted by Gasteiger charge is -2.07. The highest BCUT2D eigenvalue weighted by molar-refractivity contribution is 7.98. The second-order valence-electron chi connectivity index (χ2n) is 5.26. The van der Waals surface area contributed by atoms with Gasteiger partial charge in [0.2, 0.25) is 0 Å². The molecule has 0 saturated heterocycles. The third-order valence-electron chi connectivity index (χ3n) is 3.26. The molecule has 24 heavy (non-hydrogen) atoms. The molecule has 3 aromatic rings. The molecule has 1 aromatic carbocycles. The van der Waals surface area contributed by atoms with E-state index < -0.39 is 0 Å². The van der Waals surface area contributed by atoms with Crippen molar-refractivity contribution in [2.24, 2.45) is 0 Å². The molecule has 0 aliphatic rings. The van der Waals surface area contributed by atoms with Gasteiger partial charge in [-0.2, -0.15) is 0 Å². The Labute approximate surface area is 145 Å². The zero-order valence-electron chi connectivity index (χ0n) is 13.3. The number of pyridine rings is 1. The molecule has 0 aliphatic carbocycles. The fourth-order valence-corrected chi connectivity index (χ4v) is 2.97. The largest absolute Gasteiger partial charge is 0.487 e. The Morgan fingerprint density at radius 3 is 2.62 bits per heavy atom. The highest BCUT2D eigenvalue weighted by atomic mass is 32.2. The molecule has 0 saturated carbocycles. The van der Waals surface area contributed by atoms with Crippen LogP contribution in [0.4, 0.5) is 5.82 Å². The molecule has 0 bridgehead atoms. The first-order valence-corrected chi connectivity index (χ1v) is 8.53. The van der Waals surface area contributed by atoms with Crippen LogP contribution in [0.15, 0.2) is 59.9 Å². The summed E-state index contributed by atoms with van der Waals surface area (Å²) in [6, 6.07) is 15.6. The van der Waals surface area contributed by atoms with Gasteiger partial charge < -0.3 is 10.5 Å². The van der Waals surface area contributed by atoms with E-state index >= 15 is 0 Å². The molecular weight excluding hydrogens is 320 g/mol. The number of benzene rings is 1. The normalized spacial score (nSPS) is 10.5. The third kappa shape index (κ3) is 4.70. The molecule has 2 aromatic heterocycles. The molecule has 2 heterocycles. The summed E-state index contributed by atoms with van der Waals surface area (Å²) in [4.78, 5) is 12.8. The Hall–Kier alpha value is -2.60. The highest BCUT2D eigenvalue weighted by Crippen LogP contribution is 2.22. The highest BCUT2D eigenvalue weighted by Gasteiger charge is 2.03. The van der Waals surface area contributed by atoms with Gasteiger partial charge in [-0.3, -0.25) is 4.98 Å². The van der Waals surface area contributed by atoms with Crippen molar-refractivity contribution in [1.82, 2.24) is 15.0 Å². The number of nitrogens with zero attached hydrogens (tertiary/aromatic N) is 3. The van der Waals surface area contributed by atoms with Gasteiger partial charge in [0, 0.05) is 23.7 Å². The maximum Gasteiger partial charge on any atom is 0.190 e. The predicted octanol–water partition coefficient (Wildman–Crippen LogP) is 3.63. The summed E-state index contributed by atoms with van der Waals surface area (Å²) in [5, 5.41) is 0.697. The summed E-state index contributed by atoms with van der Waals surface area (Å²) >= 11 is 1.56. The molecule has 3 rings (SSSR count). The molecule has 0 spiro atoms. The maximum atomic E-state index is 5.74. The fraction of sp³-hybridized carbons (Fsp3) is 0.167. The summed E-state index contributed by atoms with van der Waals surface area (Å²) in [6.07, 6.45) is 1.76. The van der Waals surface area contributed by atoms with Crippen LogP contribution < -0.4 is 10.5 Å². The van der Waals surface area contributed by atoms with Gasteiger partial charge in [0.1, 0.15) is 18.2 Å². The van der Waals surface area contributed by atoms with Gasteiger partial charge >= 0.3 is 0 Å². The van der Waals surface area contributed by atoms with E-state index in [1.165, 1.54) is 5.56 Å². The fourth-order valence-electron chi connectivity index (χ4n) is 2.10. The molecule has 0 aliphatic heterocycles. The van der Waals surface area contributed by atoms with Crippen molar-refractivity contribution in [2.45, 2.75) is 24.4 Å². The standard InChI is InChI=1S/C18H18N4OS/c1-13-10-17(19)22-18(21-13)24-12-14-5-7-16(8-6-14)23-11-15-4-2-3-9-20-15/h2-10H,11-12H2,1H3,(H2,19,21,22). The number of aryl methyl sites for hydroxylation is 1. The van der Waals surface area contributed by atoms with E-state index in [9.17, 15) is 0 Å². The molecule has 2 N–H and O–H groups in total. The number of nitrogens with two attached hydrogens (primary N) is 1. The summed E-state index contributed by atoms with van der Waals surface area (Å²) < 4.78 is 5.73. The minimum atomic E-state index is 0.464. The lowest BCUT2D eigenvalue weighted by molar-refractivity contribution is 0.301. The van der Waals surface area contributed by atoms with Crippen molar-refractivity contribution in [1.29, 1.82) is 0 Å². The predicted molar refractivity (Wildman–Crippen MR) is 95.8 cm³/mol. The van der Waals surface area contributed by atoms with E-state index in [0.29, 0.717) is 17.6 Å². The molecule has 0 amide bonds. The van der Waals surface area contributed by atoms with Crippen molar-refractivity contribution in [3.63, 3.8) is 0 Å². The number of aromatic nitrogens is 3. The molecule has 6 heteroatoms. The van der Waals surface area contributed by atoms with Crippen LogP contribution in [-0.4, -0.2) is 15.0 Å². The Bertz CT molecular complexity index is 774. The van der Waals surface area contributed by atoms with Crippen LogP contribution >= 0.6 is 11.8 Å². The van der Waals surface area contributed by atoms with E-state index in [4.69, 9.17) is 10.5 Å². The molecule has 0 fully saturated rings. The second-order valence-corrected chi connectivity index (χ2v) is 6.20. The van der Waals surface area contributed by atoms with Crippen LogP contribution in [-0.2, 0) is 12.4 Å². The summed E-state index contributed by atoms with van der Waals surface area (Å²) in [5.74, 6) is 2.11. The van der Waals surface area contributed by atoms with Gasteiger partial charge in [0.25, 0.3) is 0 Å². The van der Waals surface area contributed by atoms with Crippen molar-refractivity contribution in [3.05, 3.63) is 71.7 Å². The van der Waals surface area contributed by atoms with E-state index in [2.05, 4.69) is 15.0 Å². The Balaban J connectivity index is 1.54. The van der Waals surface area contributed by atoms with E-state index in [1.54, 1.807) is 24.0 Å². The van der Waals surface area contributed by atoms with Gasteiger partial charge in [0.15, 0.2) is 5.16 Å². The van der Waals surface area contributed by atoms with Crippen molar-refractivity contribution in [3.8, 4) is 5.75 Å². The number of ether oxygens (including phenoxy) is 1. The van der Waals surface area contributed by atoms with Crippen LogP contribution in [0.3, 0.4) is 0 Å². The molecular formula is C18H18N4OS. The minimum Gasteiger partial charge on any atom is -0.487 e. The number of thioether (sulfide) groups is 1. The van der Waals surface area contributed by atoms with Gasteiger partial charge in [-0.05, 0) is 36.8 Å². The van der Waals surface area contributed by atoms with Crippen LogP contribution in [0.1, 0.15) is 17.0 Å². The zero-order valence-corrected chi connectivity index (χ0v) is 14.2. The van der Waals surface area contributed by atoms with Crippen molar-refractivity contribution >= 4 is 17.6 Å². The Kier molecular flexibility index (Phi) is 5.28. The zero-order chi connectivity index (χ0) is 16.8. The smallest absolute Gasteiger partial charge is 0.190 e. The first-order chi connectivity index (χ1) is 11.7. The first-order valence-electron chi connectivity index (χ1n) is 7.55. The van der Waals surface area contributed by atoms with Gasteiger partial charge in [-0.1, -0.05) is 30.0 Å². The Morgan fingerprint density at radius 1 is 1.08 bits per heavy atom. The number of hydrogen-bond acceptors (Lipinski definition) is 6. The van der Waals surface area contributed by atoms with Gasteiger partial charge in [-0.15, -0.1) is 0 Å². The number of nitrogen functional groups attached to an aromatic ring is 1. The average Bonchev–Trinajstić information content (AvgIpc) is 2.59. The SMILES string of the molecule is Cc1cc(N)nc(SCc2ccc(OCc3ccccn3)cc2)n1. The van der Waals surface area contributed by atoms with Gasteiger partial charge in [0.05, 0.1) is 5.69 Å². The van der Waals surface area contributed by atoms with Crippen molar-refractivity contribution < 1.29 is 4.74 Å². The molecule has 122 valence electrons. The lowest BCUT2D eigenvalue weighted by atomic mass is 10.2. The summed E-state index contributed by atoms with van der Waals surface area (Å²) in [7, 11) is 0. The summed E-state index contributed by atoms with van der Waals surface area (Å²) in [6.45, 7) is 2.38. The number of rotatable bonds is 6. The maximum absolute atomic E-state index is 5.74. The summed E-state index contributed by atoms with van der Waals surface area (Å²) in [5.41, 5.74) is 8.71. The van der Waals surface area contributed by atoms with Crippen LogP contribution in [0.25, 0.3) is 0 Å². The number of hydrogen-bond donors (Lipinski definition) is 1. The van der Waals surface area contributed by atoms with Crippen LogP contribution in [0, 0.1) is 6.92 Å². The molecule has 5 nitrogen and oxygen atoms in total. The topological polar surface area (TPSA) is 73.9 Å². The van der Waals surface area contributed by atoms with E-state index in [-0.39, 0.29) is 0 Å². The number of anilines is 1. The minimum absolute atomic E-state index is 0.464. The molecule has 0 unspecified atom stereocenters. The average molecular weight is 338 g/mol. The second kappa shape index (κ2) is 7.79.